The summed E-state index contributed by atoms with van der Waals surface area (Å²) in [6, 6.07) is 7.28. The maximum absolute atomic E-state index is 12.1. The van der Waals surface area contributed by atoms with Gasteiger partial charge in [0, 0.05) is 16.3 Å². The quantitative estimate of drug-likeness (QED) is 0.679. The van der Waals surface area contributed by atoms with Crippen LogP contribution in [-0.2, 0) is 16.1 Å². The van der Waals surface area contributed by atoms with Crippen LogP contribution in [0, 0.1) is 13.8 Å². The molecular weight excluding hydrogens is 358 g/mol. The van der Waals surface area contributed by atoms with Crippen molar-refractivity contribution in [1.82, 2.24) is 25.9 Å². The van der Waals surface area contributed by atoms with Crippen LogP contribution in [0.1, 0.15) is 28.7 Å². The molecule has 0 radical (unpaired) electrons. The summed E-state index contributed by atoms with van der Waals surface area (Å²) >= 11 is 5.77. The fourth-order valence-corrected chi connectivity index (χ4v) is 2.32. The van der Waals surface area contributed by atoms with Crippen molar-refractivity contribution >= 4 is 29.3 Å². The van der Waals surface area contributed by atoms with Crippen LogP contribution in [-0.4, -0.2) is 33.5 Å². The van der Waals surface area contributed by atoms with Crippen molar-refractivity contribution in [1.29, 1.82) is 0 Å². The normalized spacial score (nSPS) is 11.5. The summed E-state index contributed by atoms with van der Waals surface area (Å²) in [5.74, 6) is -1.40. The lowest BCUT2D eigenvalue weighted by Gasteiger charge is -2.15. The summed E-state index contributed by atoms with van der Waals surface area (Å²) in [5, 5.41) is 7.22. The average Bonchev–Trinajstić information content (AvgIpc) is 2.90. The predicted octanol–water partition coefficient (Wildman–Crippen LogP) is 1.12. The topological polar surface area (TPSA) is 105 Å². The minimum absolute atomic E-state index is 0.0224. The van der Waals surface area contributed by atoms with Crippen LogP contribution < -0.4 is 16.2 Å². The van der Waals surface area contributed by atoms with Gasteiger partial charge in [-0.25, -0.2) is 0 Å². The number of hydrogen-bond acceptors (Lipinski definition) is 4. The van der Waals surface area contributed by atoms with Crippen LogP contribution in [0.15, 0.2) is 30.3 Å². The number of nitrogens with zero attached hydrogens (tertiary/aromatic N) is 2. The van der Waals surface area contributed by atoms with Gasteiger partial charge in [0.05, 0.1) is 5.69 Å². The van der Waals surface area contributed by atoms with Crippen LogP contribution >= 0.6 is 11.6 Å². The van der Waals surface area contributed by atoms with E-state index in [0.717, 1.165) is 11.4 Å². The SMILES string of the molecule is Cc1cc(C)n(CC(=O)NNC(=O)C(C)NC(=O)c2ccc(Cl)cc2)n1. The van der Waals surface area contributed by atoms with Gasteiger partial charge in [-0.05, 0) is 51.1 Å². The van der Waals surface area contributed by atoms with Crippen LogP contribution in [0.2, 0.25) is 5.02 Å². The van der Waals surface area contributed by atoms with Gasteiger partial charge in [-0.2, -0.15) is 5.10 Å². The number of hydrogen-bond donors (Lipinski definition) is 3. The van der Waals surface area contributed by atoms with Crippen molar-refractivity contribution in [3.8, 4) is 0 Å². The molecule has 0 saturated carbocycles. The summed E-state index contributed by atoms with van der Waals surface area (Å²) in [5.41, 5.74) is 6.60. The summed E-state index contributed by atoms with van der Waals surface area (Å²) < 4.78 is 1.53. The lowest BCUT2D eigenvalue weighted by molar-refractivity contribution is -0.130. The minimum Gasteiger partial charge on any atom is -0.340 e. The van der Waals surface area contributed by atoms with Crippen LogP contribution in [0.25, 0.3) is 0 Å². The Balaban J connectivity index is 1.81. The molecule has 1 aromatic carbocycles. The van der Waals surface area contributed by atoms with Gasteiger partial charge in [-0.15, -0.1) is 0 Å². The molecule has 26 heavy (non-hydrogen) atoms. The van der Waals surface area contributed by atoms with E-state index in [0.29, 0.717) is 10.6 Å². The van der Waals surface area contributed by atoms with Crippen molar-refractivity contribution in [2.24, 2.45) is 0 Å². The first kappa shape index (κ1) is 19.5. The Bertz CT molecular complexity index is 816. The van der Waals surface area contributed by atoms with E-state index in [1.807, 2.05) is 19.9 Å². The highest BCUT2D eigenvalue weighted by Gasteiger charge is 2.17. The van der Waals surface area contributed by atoms with E-state index < -0.39 is 23.8 Å². The van der Waals surface area contributed by atoms with E-state index in [1.165, 1.54) is 11.6 Å². The summed E-state index contributed by atoms with van der Waals surface area (Å²) in [6.45, 7) is 5.15. The van der Waals surface area contributed by atoms with Gasteiger partial charge in [-0.3, -0.25) is 29.9 Å². The largest absolute Gasteiger partial charge is 0.340 e. The minimum atomic E-state index is -0.841. The van der Waals surface area contributed by atoms with Crippen LogP contribution in [0.5, 0.6) is 0 Å². The molecule has 0 aliphatic carbocycles. The monoisotopic (exact) mass is 377 g/mol. The van der Waals surface area contributed by atoms with Gasteiger partial charge < -0.3 is 5.32 Å². The molecule has 3 amide bonds. The number of carbonyl (C=O) groups is 3. The number of aryl methyl sites for hydroxylation is 2. The zero-order valence-corrected chi connectivity index (χ0v) is 15.4. The first-order valence-electron chi connectivity index (χ1n) is 7.92. The van der Waals surface area contributed by atoms with Gasteiger partial charge in [-0.1, -0.05) is 11.6 Å². The molecule has 8 nitrogen and oxygen atoms in total. The number of benzene rings is 1. The Morgan fingerprint density at radius 3 is 2.38 bits per heavy atom. The molecule has 2 rings (SSSR count). The zero-order valence-electron chi connectivity index (χ0n) is 14.7. The zero-order chi connectivity index (χ0) is 19.3. The van der Waals surface area contributed by atoms with Crippen molar-refractivity contribution in [3.63, 3.8) is 0 Å². The Morgan fingerprint density at radius 2 is 1.81 bits per heavy atom. The molecule has 0 fully saturated rings. The van der Waals surface area contributed by atoms with Gasteiger partial charge >= 0.3 is 0 Å². The van der Waals surface area contributed by atoms with E-state index in [9.17, 15) is 14.4 Å². The number of rotatable bonds is 5. The first-order valence-corrected chi connectivity index (χ1v) is 8.30. The maximum atomic E-state index is 12.1. The predicted molar refractivity (Wildman–Crippen MR) is 96.4 cm³/mol. The molecule has 0 aliphatic rings. The average molecular weight is 378 g/mol. The van der Waals surface area contributed by atoms with E-state index in [1.54, 1.807) is 24.3 Å². The molecular formula is C17H20ClN5O3. The molecule has 1 atom stereocenters. The molecule has 0 saturated heterocycles. The maximum Gasteiger partial charge on any atom is 0.260 e. The second-order valence-corrected chi connectivity index (χ2v) is 6.26. The third kappa shape index (κ3) is 5.32. The summed E-state index contributed by atoms with van der Waals surface area (Å²) in [7, 11) is 0. The highest BCUT2D eigenvalue weighted by Crippen LogP contribution is 2.09. The van der Waals surface area contributed by atoms with Gasteiger partial charge in [0.25, 0.3) is 17.7 Å². The van der Waals surface area contributed by atoms with Crippen molar-refractivity contribution in [3.05, 3.63) is 52.3 Å². The van der Waals surface area contributed by atoms with Crippen LogP contribution in [0.3, 0.4) is 0 Å². The van der Waals surface area contributed by atoms with Crippen molar-refractivity contribution in [2.75, 3.05) is 0 Å². The Labute approximate surface area is 155 Å². The fraction of sp³-hybridized carbons (Fsp3) is 0.294. The Hall–Kier alpha value is -2.87. The second kappa shape index (κ2) is 8.48. The molecule has 3 N–H and O–H groups in total. The van der Waals surface area contributed by atoms with Crippen molar-refractivity contribution < 1.29 is 14.4 Å². The highest BCUT2D eigenvalue weighted by atomic mass is 35.5. The standard InChI is InChI=1S/C17H20ClN5O3/c1-10-8-11(2)23(22-10)9-15(24)20-21-16(25)12(3)19-17(26)13-4-6-14(18)7-5-13/h4-8,12H,9H2,1-3H3,(H,19,26)(H,20,24)(H,21,25). The third-order valence-electron chi connectivity index (χ3n) is 3.57. The second-order valence-electron chi connectivity index (χ2n) is 5.82. The third-order valence-corrected chi connectivity index (χ3v) is 3.82. The van der Waals surface area contributed by atoms with Gasteiger partial charge in [0.15, 0.2) is 0 Å². The first-order chi connectivity index (χ1) is 12.3. The lowest BCUT2D eigenvalue weighted by Crippen LogP contribution is -2.51. The fourth-order valence-electron chi connectivity index (χ4n) is 2.20. The van der Waals surface area contributed by atoms with Crippen LogP contribution in [0.4, 0.5) is 0 Å². The van der Waals surface area contributed by atoms with E-state index in [-0.39, 0.29) is 6.54 Å². The molecule has 0 aliphatic heterocycles. The smallest absolute Gasteiger partial charge is 0.260 e. The molecule has 1 unspecified atom stereocenters. The molecule has 9 heteroatoms. The molecule has 1 aromatic heterocycles. The molecule has 2 aromatic rings. The Kier molecular flexibility index (Phi) is 6.35. The lowest BCUT2D eigenvalue weighted by atomic mass is 10.2. The number of hydrazine groups is 1. The van der Waals surface area contributed by atoms with Gasteiger partial charge in [0.2, 0.25) is 0 Å². The highest BCUT2D eigenvalue weighted by molar-refractivity contribution is 6.30. The molecule has 0 bridgehead atoms. The van der Waals surface area contributed by atoms with E-state index >= 15 is 0 Å². The molecule has 1 heterocycles. The number of halogens is 1. The Morgan fingerprint density at radius 1 is 1.15 bits per heavy atom. The molecule has 138 valence electrons. The number of aromatic nitrogens is 2. The van der Waals surface area contributed by atoms with E-state index in [4.69, 9.17) is 11.6 Å². The number of amides is 3. The van der Waals surface area contributed by atoms with Gasteiger partial charge in [0.1, 0.15) is 12.6 Å². The summed E-state index contributed by atoms with van der Waals surface area (Å²) in [4.78, 5) is 36.0. The number of nitrogens with one attached hydrogen (secondary N) is 3. The summed E-state index contributed by atoms with van der Waals surface area (Å²) in [6.07, 6.45) is 0. The van der Waals surface area contributed by atoms with E-state index in [2.05, 4.69) is 21.3 Å². The van der Waals surface area contributed by atoms with Crippen molar-refractivity contribution in [2.45, 2.75) is 33.4 Å². The number of carbonyl (C=O) groups excluding carboxylic acids is 3. The molecule has 0 spiro atoms.